The highest BCUT2D eigenvalue weighted by atomic mass is 16.6. The second-order valence-corrected chi connectivity index (χ2v) is 11.3. The summed E-state index contributed by atoms with van der Waals surface area (Å²) < 4.78 is 5.43. The van der Waals surface area contributed by atoms with Crippen molar-refractivity contribution < 1.29 is 28.7 Å². The van der Waals surface area contributed by atoms with Crippen LogP contribution in [0.15, 0.2) is 42.5 Å². The molecule has 1 N–H and O–H groups in total. The Kier molecular flexibility index (Phi) is 7.19. The molecule has 3 heterocycles. The Bertz CT molecular complexity index is 1450. The number of rotatable bonds is 3. The van der Waals surface area contributed by atoms with Crippen molar-refractivity contribution in [3.8, 4) is 11.8 Å². The fourth-order valence-electron chi connectivity index (χ4n) is 5.23. The zero-order chi connectivity index (χ0) is 28.6. The average molecular weight is 542 g/mol. The van der Waals surface area contributed by atoms with Crippen molar-refractivity contribution in [2.75, 3.05) is 18.0 Å². The number of imide groups is 2. The molecule has 40 heavy (non-hydrogen) atoms. The van der Waals surface area contributed by atoms with Gasteiger partial charge < -0.3 is 9.64 Å². The summed E-state index contributed by atoms with van der Waals surface area (Å²) in [6, 6.07) is 11.4. The van der Waals surface area contributed by atoms with Crippen molar-refractivity contribution in [2.24, 2.45) is 5.92 Å². The summed E-state index contributed by atoms with van der Waals surface area (Å²) in [7, 11) is 0. The number of nitrogens with zero attached hydrogens (tertiary/aromatic N) is 2. The van der Waals surface area contributed by atoms with E-state index in [1.165, 1.54) is 0 Å². The van der Waals surface area contributed by atoms with Crippen LogP contribution >= 0.6 is 0 Å². The van der Waals surface area contributed by atoms with E-state index in [0.29, 0.717) is 11.1 Å². The molecular formula is C31H31N3O6. The number of hydrogen-bond donors (Lipinski definition) is 1. The molecule has 0 spiro atoms. The van der Waals surface area contributed by atoms with Crippen molar-refractivity contribution in [1.29, 1.82) is 0 Å². The normalized spacial score (nSPS) is 19.6. The quantitative estimate of drug-likeness (QED) is 0.360. The van der Waals surface area contributed by atoms with Crippen LogP contribution in [0.2, 0.25) is 0 Å². The predicted octanol–water partition coefficient (Wildman–Crippen LogP) is 3.31. The molecule has 2 aromatic carbocycles. The molecular weight excluding hydrogens is 510 g/mol. The van der Waals surface area contributed by atoms with Crippen LogP contribution in [0, 0.1) is 17.8 Å². The number of carbonyl (C=O) groups excluding carboxylic acids is 5. The van der Waals surface area contributed by atoms with Crippen molar-refractivity contribution in [3.05, 3.63) is 64.7 Å². The zero-order valence-electron chi connectivity index (χ0n) is 22.8. The molecule has 206 valence electrons. The van der Waals surface area contributed by atoms with Crippen LogP contribution in [-0.2, 0) is 14.3 Å². The van der Waals surface area contributed by atoms with Gasteiger partial charge in [-0.15, -0.1) is 0 Å². The molecule has 0 saturated carbocycles. The second-order valence-electron chi connectivity index (χ2n) is 11.3. The van der Waals surface area contributed by atoms with E-state index >= 15 is 0 Å². The molecule has 5 rings (SSSR count). The summed E-state index contributed by atoms with van der Waals surface area (Å²) in [6.45, 7) is 7.10. The standard InChI is InChI=1S/C31H31N3O6/c1-31(2,3)40-30(39)21-9-11-22(12-10-21)33-17-15-19(16-18-33)7-8-20-5-4-6-23-26(20)29(38)34(28(23)37)24-13-14-25(35)32-27(24)36/h4-6,9-12,19,24H,13-18H2,1-3H3,(H,32,35,36). The molecule has 9 nitrogen and oxygen atoms in total. The maximum atomic E-state index is 13.3. The first kappa shape index (κ1) is 27.1. The number of esters is 1. The number of carbonyl (C=O) groups is 5. The van der Waals surface area contributed by atoms with Gasteiger partial charge in [-0.2, -0.15) is 0 Å². The minimum absolute atomic E-state index is 0.0725. The van der Waals surface area contributed by atoms with Crippen LogP contribution in [0.1, 0.15) is 83.1 Å². The first-order valence-corrected chi connectivity index (χ1v) is 13.5. The maximum Gasteiger partial charge on any atom is 0.338 e. The van der Waals surface area contributed by atoms with Crippen LogP contribution < -0.4 is 10.2 Å². The van der Waals surface area contributed by atoms with E-state index < -0.39 is 35.3 Å². The van der Waals surface area contributed by atoms with Gasteiger partial charge in [-0.3, -0.25) is 29.4 Å². The molecule has 2 fully saturated rings. The van der Waals surface area contributed by atoms with Gasteiger partial charge in [-0.25, -0.2) is 4.79 Å². The number of hydrogen-bond acceptors (Lipinski definition) is 7. The lowest BCUT2D eigenvalue weighted by atomic mass is 9.95. The third-order valence-corrected chi connectivity index (χ3v) is 7.24. The minimum atomic E-state index is -1.01. The fraction of sp³-hybridized carbons (Fsp3) is 0.387. The van der Waals surface area contributed by atoms with E-state index in [1.807, 2.05) is 32.9 Å². The number of piperidine rings is 2. The first-order valence-electron chi connectivity index (χ1n) is 13.5. The molecule has 2 saturated heterocycles. The number of nitrogens with one attached hydrogen (secondary N) is 1. The second kappa shape index (κ2) is 10.6. The lowest BCUT2D eigenvalue weighted by Gasteiger charge is -2.31. The van der Waals surface area contributed by atoms with Gasteiger partial charge in [-0.05, 0) is 76.4 Å². The topological polar surface area (TPSA) is 113 Å². The van der Waals surface area contributed by atoms with Gasteiger partial charge in [0.05, 0.1) is 16.7 Å². The van der Waals surface area contributed by atoms with E-state index in [1.54, 1.807) is 30.3 Å². The van der Waals surface area contributed by atoms with E-state index in [2.05, 4.69) is 22.1 Å². The van der Waals surface area contributed by atoms with Crippen LogP contribution in [0.25, 0.3) is 0 Å². The molecule has 0 aliphatic carbocycles. The maximum absolute atomic E-state index is 13.3. The van der Waals surface area contributed by atoms with Crippen molar-refractivity contribution in [1.82, 2.24) is 10.2 Å². The Hall–Kier alpha value is -4.45. The van der Waals surface area contributed by atoms with Gasteiger partial charge in [-0.1, -0.05) is 17.9 Å². The molecule has 2 aromatic rings. The Morgan fingerprint density at radius 1 is 0.950 bits per heavy atom. The summed E-state index contributed by atoms with van der Waals surface area (Å²) >= 11 is 0. The molecule has 1 atom stereocenters. The van der Waals surface area contributed by atoms with Gasteiger partial charge >= 0.3 is 5.97 Å². The van der Waals surface area contributed by atoms with Gasteiger partial charge in [0.25, 0.3) is 11.8 Å². The monoisotopic (exact) mass is 541 g/mol. The largest absolute Gasteiger partial charge is 0.456 e. The minimum Gasteiger partial charge on any atom is -0.456 e. The lowest BCUT2D eigenvalue weighted by Crippen LogP contribution is -2.54. The average Bonchev–Trinajstić information content (AvgIpc) is 3.17. The van der Waals surface area contributed by atoms with Crippen LogP contribution in [-0.4, -0.2) is 59.2 Å². The lowest BCUT2D eigenvalue weighted by molar-refractivity contribution is -0.136. The summed E-state index contributed by atoms with van der Waals surface area (Å²) in [6.07, 6.45) is 1.83. The highest BCUT2D eigenvalue weighted by Gasteiger charge is 2.45. The molecule has 0 aromatic heterocycles. The first-order chi connectivity index (χ1) is 19.0. The van der Waals surface area contributed by atoms with E-state index in [-0.39, 0.29) is 35.9 Å². The van der Waals surface area contributed by atoms with Crippen molar-refractivity contribution in [3.63, 3.8) is 0 Å². The molecule has 3 aliphatic heterocycles. The van der Waals surface area contributed by atoms with Gasteiger partial charge in [0, 0.05) is 36.7 Å². The molecule has 0 bridgehead atoms. The SMILES string of the molecule is CC(C)(C)OC(=O)c1ccc(N2CCC(C#Cc3cccc4c3C(=O)N(C3CCC(=O)NC3=O)C4=O)CC2)cc1. The highest BCUT2D eigenvalue weighted by Crippen LogP contribution is 2.30. The number of benzene rings is 2. The van der Waals surface area contributed by atoms with Gasteiger partial charge in [0.15, 0.2) is 0 Å². The Labute approximate surface area is 232 Å². The third kappa shape index (κ3) is 5.48. The molecule has 1 unspecified atom stereocenters. The van der Waals surface area contributed by atoms with Crippen molar-refractivity contribution in [2.45, 2.75) is 58.1 Å². The van der Waals surface area contributed by atoms with Crippen LogP contribution in [0.3, 0.4) is 0 Å². The molecule has 0 radical (unpaired) electrons. The third-order valence-electron chi connectivity index (χ3n) is 7.24. The summed E-state index contributed by atoms with van der Waals surface area (Å²) in [5.74, 6) is 4.05. The number of fused-ring (bicyclic) bond motifs is 1. The summed E-state index contributed by atoms with van der Waals surface area (Å²) in [5.41, 5.74) is 1.90. The smallest absolute Gasteiger partial charge is 0.338 e. The zero-order valence-corrected chi connectivity index (χ0v) is 22.8. The number of anilines is 1. The number of amides is 4. The Balaban J connectivity index is 1.24. The Morgan fingerprint density at radius 2 is 1.65 bits per heavy atom. The predicted molar refractivity (Wildman–Crippen MR) is 147 cm³/mol. The highest BCUT2D eigenvalue weighted by molar-refractivity contribution is 6.24. The Morgan fingerprint density at radius 3 is 2.30 bits per heavy atom. The summed E-state index contributed by atoms with van der Waals surface area (Å²) in [5, 5.41) is 2.21. The number of ether oxygens (including phenoxy) is 1. The van der Waals surface area contributed by atoms with E-state index in [0.717, 1.165) is 36.5 Å². The van der Waals surface area contributed by atoms with E-state index in [4.69, 9.17) is 4.74 Å². The van der Waals surface area contributed by atoms with Crippen molar-refractivity contribution >= 4 is 35.3 Å². The molecule has 3 aliphatic rings. The summed E-state index contributed by atoms with van der Waals surface area (Å²) in [4.78, 5) is 65.7. The van der Waals surface area contributed by atoms with Crippen LogP contribution in [0.5, 0.6) is 0 Å². The molecule has 9 heteroatoms. The van der Waals surface area contributed by atoms with Gasteiger partial charge in [0.2, 0.25) is 11.8 Å². The fourth-order valence-corrected chi connectivity index (χ4v) is 5.23. The molecule has 4 amide bonds. The van der Waals surface area contributed by atoms with Gasteiger partial charge in [0.1, 0.15) is 11.6 Å². The van der Waals surface area contributed by atoms with E-state index in [9.17, 15) is 24.0 Å². The van der Waals surface area contributed by atoms with Crippen LogP contribution in [0.4, 0.5) is 5.69 Å².